The Hall–Kier alpha value is -4.77. The van der Waals surface area contributed by atoms with E-state index in [9.17, 15) is 14.0 Å². The molecule has 0 unspecified atom stereocenters. The molecule has 0 bridgehead atoms. The van der Waals surface area contributed by atoms with Gasteiger partial charge < -0.3 is 15.5 Å². The van der Waals surface area contributed by atoms with Gasteiger partial charge in [0.25, 0.3) is 11.8 Å². The number of rotatable bonds is 10. The summed E-state index contributed by atoms with van der Waals surface area (Å²) in [4.78, 5) is 37.3. The Labute approximate surface area is 264 Å². The third kappa shape index (κ3) is 6.39. The number of carbonyl (C=O) groups is 2. The van der Waals surface area contributed by atoms with Crippen LogP contribution in [-0.4, -0.2) is 32.0 Å². The first kappa shape index (κ1) is 30.3. The van der Waals surface area contributed by atoms with Crippen LogP contribution in [0.4, 0.5) is 4.39 Å². The molecular formula is C34H33FN6O3S. The summed E-state index contributed by atoms with van der Waals surface area (Å²) in [5.74, 6) is -0.417. The third-order valence-electron chi connectivity index (χ3n) is 7.85. The second-order valence-electron chi connectivity index (χ2n) is 11.6. The Balaban J connectivity index is 1.45. The molecule has 0 aliphatic heterocycles. The van der Waals surface area contributed by atoms with Crippen LogP contribution in [0.25, 0.3) is 21.9 Å². The lowest BCUT2D eigenvalue weighted by molar-refractivity contribution is 0.0939. The summed E-state index contributed by atoms with van der Waals surface area (Å²) in [6.45, 7) is 5.78. The number of aryl methyl sites for hydroxylation is 4. The van der Waals surface area contributed by atoms with Gasteiger partial charge in [-0.05, 0) is 79.5 Å². The minimum absolute atomic E-state index is 0.124. The SMILES string of the molecule is Cc1nnc(-c2c(CCc3ccc(F)cc3)nc(CC(C)C)c(C(N)=O)c2-c2ccc(C(=O)N[C@H]3CCc4ncccc43)s2)o1. The van der Waals surface area contributed by atoms with E-state index in [4.69, 9.17) is 15.1 Å². The van der Waals surface area contributed by atoms with Crippen molar-refractivity contribution in [1.82, 2.24) is 25.5 Å². The van der Waals surface area contributed by atoms with Crippen molar-refractivity contribution >= 4 is 23.2 Å². The number of amides is 2. The van der Waals surface area contributed by atoms with E-state index in [1.54, 1.807) is 31.3 Å². The highest BCUT2D eigenvalue weighted by Gasteiger charge is 2.30. The topological polar surface area (TPSA) is 137 Å². The lowest BCUT2D eigenvalue weighted by atomic mass is 9.91. The molecule has 0 saturated carbocycles. The summed E-state index contributed by atoms with van der Waals surface area (Å²) in [5.41, 5.74) is 11.5. The van der Waals surface area contributed by atoms with E-state index in [1.165, 1.54) is 23.5 Å². The number of hydrogen-bond acceptors (Lipinski definition) is 8. The zero-order chi connectivity index (χ0) is 31.7. The van der Waals surface area contributed by atoms with Gasteiger partial charge in [-0.25, -0.2) is 4.39 Å². The molecule has 4 heterocycles. The molecule has 1 aliphatic rings. The van der Waals surface area contributed by atoms with Gasteiger partial charge in [0, 0.05) is 29.3 Å². The average molecular weight is 625 g/mol. The van der Waals surface area contributed by atoms with Crippen molar-refractivity contribution in [1.29, 1.82) is 0 Å². The van der Waals surface area contributed by atoms with Crippen molar-refractivity contribution < 1.29 is 18.4 Å². The average Bonchev–Trinajstić information content (AvgIpc) is 3.76. The fraction of sp³-hybridized carbons (Fsp3) is 0.294. The Bertz CT molecular complexity index is 1880. The summed E-state index contributed by atoms with van der Waals surface area (Å²) in [7, 11) is 0. The van der Waals surface area contributed by atoms with Crippen molar-refractivity contribution in [3.05, 3.63) is 105 Å². The van der Waals surface area contributed by atoms with E-state index in [0.29, 0.717) is 57.4 Å². The molecule has 1 aromatic carbocycles. The van der Waals surface area contributed by atoms with Gasteiger partial charge >= 0.3 is 0 Å². The van der Waals surface area contributed by atoms with Crippen LogP contribution in [-0.2, 0) is 25.7 Å². The Morgan fingerprint density at radius 1 is 1.07 bits per heavy atom. The molecule has 1 atom stereocenters. The number of halogens is 1. The number of nitrogens with one attached hydrogen (secondary N) is 1. The van der Waals surface area contributed by atoms with Crippen molar-refractivity contribution in [3.8, 4) is 21.9 Å². The van der Waals surface area contributed by atoms with Crippen LogP contribution >= 0.6 is 11.3 Å². The van der Waals surface area contributed by atoms with Gasteiger partial charge in [0.1, 0.15) is 5.82 Å². The maximum absolute atomic E-state index is 13.6. The molecule has 2 amide bonds. The molecule has 45 heavy (non-hydrogen) atoms. The van der Waals surface area contributed by atoms with Gasteiger partial charge in [0.15, 0.2) is 0 Å². The predicted octanol–water partition coefficient (Wildman–Crippen LogP) is 6.20. The number of carbonyl (C=O) groups excluding carboxylic acids is 2. The fourth-order valence-electron chi connectivity index (χ4n) is 5.84. The van der Waals surface area contributed by atoms with Crippen LogP contribution in [0.15, 0.2) is 59.1 Å². The number of primary amides is 1. The first-order valence-corrected chi connectivity index (χ1v) is 15.7. The van der Waals surface area contributed by atoms with Crippen LogP contribution in [0.2, 0.25) is 0 Å². The molecule has 1 aliphatic carbocycles. The van der Waals surface area contributed by atoms with E-state index in [2.05, 4.69) is 20.5 Å². The summed E-state index contributed by atoms with van der Waals surface area (Å²) in [5, 5.41) is 11.5. The maximum atomic E-state index is 13.6. The van der Waals surface area contributed by atoms with Gasteiger partial charge in [-0.1, -0.05) is 32.0 Å². The number of aromatic nitrogens is 4. The van der Waals surface area contributed by atoms with Crippen LogP contribution in [0.1, 0.15) is 80.4 Å². The second kappa shape index (κ2) is 12.7. The summed E-state index contributed by atoms with van der Waals surface area (Å²) in [6.07, 6.45) is 4.87. The fourth-order valence-corrected chi connectivity index (χ4v) is 6.81. The van der Waals surface area contributed by atoms with Gasteiger partial charge in [-0.3, -0.25) is 19.6 Å². The number of hydrogen-bond donors (Lipinski definition) is 2. The second-order valence-corrected chi connectivity index (χ2v) is 12.7. The minimum Gasteiger partial charge on any atom is -0.421 e. The van der Waals surface area contributed by atoms with Crippen molar-refractivity contribution in [2.45, 2.75) is 58.9 Å². The summed E-state index contributed by atoms with van der Waals surface area (Å²) >= 11 is 1.26. The van der Waals surface area contributed by atoms with Crippen LogP contribution in [0.3, 0.4) is 0 Å². The molecule has 4 aromatic heterocycles. The maximum Gasteiger partial charge on any atom is 0.261 e. The van der Waals surface area contributed by atoms with E-state index in [1.807, 2.05) is 32.0 Å². The number of fused-ring (bicyclic) bond motifs is 1. The lowest BCUT2D eigenvalue weighted by Crippen LogP contribution is -2.26. The number of nitrogens with two attached hydrogens (primary N) is 1. The van der Waals surface area contributed by atoms with Crippen molar-refractivity contribution in [2.75, 3.05) is 0 Å². The highest BCUT2D eigenvalue weighted by molar-refractivity contribution is 7.17. The first-order chi connectivity index (χ1) is 21.7. The molecule has 0 radical (unpaired) electrons. The molecule has 9 nitrogen and oxygen atoms in total. The van der Waals surface area contributed by atoms with E-state index in [-0.39, 0.29) is 35.1 Å². The monoisotopic (exact) mass is 624 g/mol. The zero-order valence-electron chi connectivity index (χ0n) is 25.3. The minimum atomic E-state index is -0.634. The molecule has 6 rings (SSSR count). The Kier molecular flexibility index (Phi) is 8.53. The van der Waals surface area contributed by atoms with E-state index < -0.39 is 5.91 Å². The lowest BCUT2D eigenvalue weighted by Gasteiger charge is -2.19. The third-order valence-corrected chi connectivity index (χ3v) is 8.95. The van der Waals surface area contributed by atoms with Crippen LogP contribution < -0.4 is 11.1 Å². The smallest absolute Gasteiger partial charge is 0.261 e. The van der Waals surface area contributed by atoms with Crippen LogP contribution in [0, 0.1) is 18.7 Å². The summed E-state index contributed by atoms with van der Waals surface area (Å²) in [6, 6.07) is 13.7. The highest BCUT2D eigenvalue weighted by Crippen LogP contribution is 2.42. The largest absolute Gasteiger partial charge is 0.421 e. The molecule has 5 aromatic rings. The standard InChI is InChI=1S/C34H33FN6O3S/c1-18(2)17-26-29(32(36)42)31(27-14-15-28(45-27)33(43)39-24-13-12-23-22(24)5-4-16-37-23)30(34-41-40-19(3)44-34)25(38-26)11-8-20-6-9-21(35)10-7-20/h4-7,9-10,14-16,18,24H,8,11-13,17H2,1-3H3,(H2,36,42)(H,39,43)/t24-/m0/s1. The molecule has 3 N–H and O–H groups in total. The number of thiophene rings is 1. The van der Waals surface area contributed by atoms with Gasteiger partial charge in [0.2, 0.25) is 11.8 Å². The molecule has 0 saturated heterocycles. The Morgan fingerprint density at radius 2 is 1.87 bits per heavy atom. The number of pyridine rings is 2. The number of benzene rings is 1. The van der Waals surface area contributed by atoms with E-state index in [0.717, 1.165) is 29.7 Å². The molecule has 0 spiro atoms. The van der Waals surface area contributed by atoms with E-state index >= 15 is 0 Å². The molecule has 0 fully saturated rings. The molecule has 230 valence electrons. The number of nitrogens with zero attached hydrogens (tertiary/aromatic N) is 4. The summed E-state index contributed by atoms with van der Waals surface area (Å²) < 4.78 is 19.5. The Morgan fingerprint density at radius 3 is 2.58 bits per heavy atom. The quantitative estimate of drug-likeness (QED) is 0.189. The predicted molar refractivity (Wildman–Crippen MR) is 169 cm³/mol. The highest BCUT2D eigenvalue weighted by atomic mass is 32.1. The van der Waals surface area contributed by atoms with Gasteiger partial charge in [-0.15, -0.1) is 21.5 Å². The molecular weight excluding hydrogens is 591 g/mol. The normalized spacial score (nSPS) is 14.1. The van der Waals surface area contributed by atoms with Crippen LogP contribution in [0.5, 0.6) is 0 Å². The van der Waals surface area contributed by atoms with Crippen molar-refractivity contribution in [2.24, 2.45) is 11.7 Å². The molecule has 11 heteroatoms. The van der Waals surface area contributed by atoms with Gasteiger partial charge in [-0.2, -0.15) is 0 Å². The van der Waals surface area contributed by atoms with Crippen molar-refractivity contribution in [3.63, 3.8) is 0 Å². The first-order valence-electron chi connectivity index (χ1n) is 14.9. The van der Waals surface area contributed by atoms with Gasteiger partial charge in [0.05, 0.1) is 33.4 Å². The zero-order valence-corrected chi connectivity index (χ0v) is 26.1.